The average molecular weight is 407 g/mol. The number of nitrogens with zero attached hydrogens (tertiary/aromatic N) is 1. The van der Waals surface area contributed by atoms with Crippen molar-refractivity contribution >= 4 is 12.0 Å². The number of benzene rings is 1. The fourth-order valence-corrected chi connectivity index (χ4v) is 3.52. The van der Waals surface area contributed by atoms with Gasteiger partial charge in [0.15, 0.2) is 0 Å². The van der Waals surface area contributed by atoms with Gasteiger partial charge in [0.1, 0.15) is 23.1 Å². The second-order valence-corrected chi connectivity index (χ2v) is 9.11. The van der Waals surface area contributed by atoms with Gasteiger partial charge in [0.2, 0.25) is 5.91 Å². The highest BCUT2D eigenvalue weighted by molar-refractivity contribution is 5.87. The molecule has 0 aromatic heterocycles. The van der Waals surface area contributed by atoms with E-state index in [1.165, 1.54) is 0 Å². The standard InChI is InChI=1S/C22H34N2O5/c1-21(2,3)29-20(26)23-18-19(25)24(12-8-11-22(18,4)5)14-15-9-10-16(27-6)13-17(15)28-7/h9-10,13,18H,8,11-12,14H2,1-7H3,(H,23,26). The Balaban J connectivity index is 2.23. The number of ether oxygens (including phenoxy) is 3. The van der Waals surface area contributed by atoms with Gasteiger partial charge in [-0.2, -0.15) is 0 Å². The summed E-state index contributed by atoms with van der Waals surface area (Å²) < 4.78 is 16.1. The molecule has 1 heterocycles. The summed E-state index contributed by atoms with van der Waals surface area (Å²) in [6.07, 6.45) is 1.09. The van der Waals surface area contributed by atoms with Crippen LogP contribution in [0.2, 0.25) is 0 Å². The van der Waals surface area contributed by atoms with Crippen molar-refractivity contribution in [3.05, 3.63) is 23.8 Å². The zero-order valence-electron chi connectivity index (χ0n) is 18.6. The van der Waals surface area contributed by atoms with E-state index in [4.69, 9.17) is 14.2 Å². The van der Waals surface area contributed by atoms with Crippen LogP contribution in [-0.2, 0) is 16.1 Å². The van der Waals surface area contributed by atoms with Crippen LogP contribution in [-0.4, -0.2) is 49.3 Å². The van der Waals surface area contributed by atoms with Crippen LogP contribution in [0, 0.1) is 5.41 Å². The van der Waals surface area contributed by atoms with E-state index in [9.17, 15) is 9.59 Å². The summed E-state index contributed by atoms with van der Waals surface area (Å²) in [7, 11) is 3.19. The van der Waals surface area contributed by atoms with E-state index in [1.54, 1.807) is 46.0 Å². The van der Waals surface area contributed by atoms with Crippen LogP contribution in [0.5, 0.6) is 11.5 Å². The van der Waals surface area contributed by atoms with Crippen LogP contribution in [0.25, 0.3) is 0 Å². The van der Waals surface area contributed by atoms with Gasteiger partial charge in [-0.15, -0.1) is 0 Å². The van der Waals surface area contributed by atoms with Crippen molar-refractivity contribution in [1.82, 2.24) is 10.2 Å². The van der Waals surface area contributed by atoms with E-state index in [-0.39, 0.29) is 11.3 Å². The molecule has 162 valence electrons. The maximum Gasteiger partial charge on any atom is 0.408 e. The van der Waals surface area contributed by atoms with Gasteiger partial charge in [-0.25, -0.2) is 4.79 Å². The molecule has 1 N–H and O–H groups in total. The number of nitrogens with one attached hydrogen (secondary N) is 1. The minimum atomic E-state index is -0.663. The van der Waals surface area contributed by atoms with Crippen molar-refractivity contribution < 1.29 is 23.8 Å². The van der Waals surface area contributed by atoms with E-state index >= 15 is 0 Å². The molecule has 1 fully saturated rings. The second-order valence-electron chi connectivity index (χ2n) is 9.11. The number of methoxy groups -OCH3 is 2. The Morgan fingerprint density at radius 1 is 1.24 bits per heavy atom. The highest BCUT2D eigenvalue weighted by atomic mass is 16.6. The first kappa shape index (κ1) is 22.8. The van der Waals surface area contributed by atoms with Gasteiger partial charge in [0.05, 0.1) is 14.2 Å². The van der Waals surface area contributed by atoms with Gasteiger partial charge < -0.3 is 24.4 Å². The quantitative estimate of drug-likeness (QED) is 0.806. The minimum Gasteiger partial charge on any atom is -0.497 e. The number of hydrogen-bond acceptors (Lipinski definition) is 5. The predicted molar refractivity (Wildman–Crippen MR) is 111 cm³/mol. The number of amides is 2. The zero-order valence-corrected chi connectivity index (χ0v) is 18.6. The van der Waals surface area contributed by atoms with Crippen LogP contribution in [0.4, 0.5) is 4.79 Å². The molecule has 1 aromatic carbocycles. The first-order valence-corrected chi connectivity index (χ1v) is 9.96. The van der Waals surface area contributed by atoms with Crippen molar-refractivity contribution in [1.29, 1.82) is 0 Å². The molecule has 29 heavy (non-hydrogen) atoms. The number of alkyl carbamates (subject to hydrolysis) is 1. The highest BCUT2D eigenvalue weighted by Gasteiger charge is 2.41. The molecule has 0 radical (unpaired) electrons. The van der Waals surface area contributed by atoms with Crippen LogP contribution < -0.4 is 14.8 Å². The molecule has 1 atom stereocenters. The Morgan fingerprint density at radius 3 is 2.52 bits per heavy atom. The van der Waals surface area contributed by atoms with Crippen LogP contribution in [0.15, 0.2) is 18.2 Å². The fraction of sp³-hybridized carbons (Fsp3) is 0.636. The number of carbonyl (C=O) groups is 2. The summed E-state index contributed by atoms with van der Waals surface area (Å²) in [5.41, 5.74) is -0.123. The molecule has 0 bridgehead atoms. The normalized spacial score (nSPS) is 19.3. The van der Waals surface area contributed by atoms with Crippen molar-refractivity contribution in [2.45, 2.75) is 65.6 Å². The molecule has 7 nitrogen and oxygen atoms in total. The van der Waals surface area contributed by atoms with Crippen molar-refractivity contribution in [3.8, 4) is 11.5 Å². The summed E-state index contributed by atoms with van der Waals surface area (Å²) >= 11 is 0. The highest BCUT2D eigenvalue weighted by Crippen LogP contribution is 2.33. The lowest BCUT2D eigenvalue weighted by molar-refractivity contribution is -0.135. The van der Waals surface area contributed by atoms with Gasteiger partial charge in [0, 0.05) is 24.7 Å². The van der Waals surface area contributed by atoms with Gasteiger partial charge >= 0.3 is 6.09 Å². The Kier molecular flexibility index (Phi) is 7.03. The number of rotatable bonds is 5. The molecule has 1 saturated heterocycles. The summed E-state index contributed by atoms with van der Waals surface area (Å²) in [5, 5.41) is 2.81. The van der Waals surface area contributed by atoms with Crippen LogP contribution in [0.3, 0.4) is 0 Å². The van der Waals surface area contributed by atoms with E-state index in [2.05, 4.69) is 5.32 Å². The molecule has 1 aliphatic heterocycles. The maximum absolute atomic E-state index is 13.4. The molecule has 1 aliphatic rings. The number of carbonyl (C=O) groups excluding carboxylic acids is 2. The summed E-state index contributed by atoms with van der Waals surface area (Å²) in [4.78, 5) is 27.5. The second kappa shape index (κ2) is 8.93. The van der Waals surface area contributed by atoms with Gasteiger partial charge in [-0.05, 0) is 51.2 Å². The Morgan fingerprint density at radius 2 is 1.93 bits per heavy atom. The first-order valence-electron chi connectivity index (χ1n) is 9.96. The first-order chi connectivity index (χ1) is 13.5. The lowest BCUT2D eigenvalue weighted by Gasteiger charge is -2.34. The molecule has 2 rings (SSSR count). The maximum atomic E-state index is 13.4. The molecule has 1 unspecified atom stereocenters. The SMILES string of the molecule is COc1ccc(CN2CCCC(C)(C)C(NC(=O)OC(C)(C)C)C2=O)c(OC)c1. The van der Waals surface area contributed by atoms with Gasteiger partial charge in [0.25, 0.3) is 0 Å². The molecule has 0 spiro atoms. The van der Waals surface area contributed by atoms with E-state index in [1.807, 2.05) is 26.0 Å². The minimum absolute atomic E-state index is 0.115. The van der Waals surface area contributed by atoms with E-state index < -0.39 is 17.7 Å². The zero-order chi connectivity index (χ0) is 21.8. The van der Waals surface area contributed by atoms with Crippen molar-refractivity contribution in [3.63, 3.8) is 0 Å². The van der Waals surface area contributed by atoms with Crippen LogP contribution in [0.1, 0.15) is 53.0 Å². The summed E-state index contributed by atoms with van der Waals surface area (Å²) in [6.45, 7) is 10.4. The molecule has 2 amide bonds. The number of likely N-dealkylation sites (tertiary alicyclic amines) is 1. The van der Waals surface area contributed by atoms with Crippen molar-refractivity contribution in [2.24, 2.45) is 5.41 Å². The fourth-order valence-electron chi connectivity index (χ4n) is 3.52. The lowest BCUT2D eigenvalue weighted by atomic mass is 9.80. The third-order valence-corrected chi connectivity index (χ3v) is 5.11. The topological polar surface area (TPSA) is 77.1 Å². The van der Waals surface area contributed by atoms with E-state index in [0.29, 0.717) is 24.6 Å². The summed E-state index contributed by atoms with van der Waals surface area (Å²) in [5.74, 6) is 1.24. The molecule has 0 saturated carbocycles. The average Bonchev–Trinajstić information content (AvgIpc) is 2.72. The molecule has 0 aliphatic carbocycles. The third kappa shape index (κ3) is 6.02. The Bertz CT molecular complexity index is 739. The molecular formula is C22H34N2O5. The lowest BCUT2D eigenvalue weighted by Crippen LogP contribution is -2.54. The van der Waals surface area contributed by atoms with E-state index in [0.717, 1.165) is 18.4 Å². The smallest absolute Gasteiger partial charge is 0.408 e. The summed E-state index contributed by atoms with van der Waals surface area (Å²) in [6, 6.07) is 4.89. The Labute approximate surface area is 173 Å². The van der Waals surface area contributed by atoms with Gasteiger partial charge in [-0.1, -0.05) is 13.8 Å². The Hall–Kier alpha value is -2.44. The predicted octanol–water partition coefficient (Wildman–Crippen LogP) is 3.75. The monoisotopic (exact) mass is 406 g/mol. The molecular weight excluding hydrogens is 372 g/mol. The van der Waals surface area contributed by atoms with Crippen molar-refractivity contribution in [2.75, 3.05) is 20.8 Å². The molecule has 1 aromatic rings. The van der Waals surface area contributed by atoms with Gasteiger partial charge in [-0.3, -0.25) is 4.79 Å². The molecule has 7 heteroatoms. The number of hydrogen-bond donors (Lipinski definition) is 1. The van der Waals surface area contributed by atoms with Crippen LogP contribution >= 0.6 is 0 Å². The largest absolute Gasteiger partial charge is 0.497 e. The third-order valence-electron chi connectivity index (χ3n) is 5.11.